The normalized spacial score (nSPS) is 10.6. The average molecular weight is 1490 g/mol. The number of aromatic amines is 1. The molecule has 0 bridgehead atoms. The topological polar surface area (TPSA) is 297 Å². The molecule has 2 N–H and O–H groups in total. The molecule has 4 heterocycles. The van der Waals surface area contributed by atoms with Crippen molar-refractivity contribution in [2.45, 2.75) is 113 Å². The number of carbonyl (C=O) groups excluding carboxylic acids is 5. The predicted octanol–water partition coefficient (Wildman–Crippen LogP) is 9.33. The molecule has 7 aromatic carbocycles. The van der Waals surface area contributed by atoms with Crippen molar-refractivity contribution < 1.29 is 102 Å². The first-order valence-electron chi connectivity index (χ1n) is 35.0. The van der Waals surface area contributed by atoms with Crippen molar-refractivity contribution in [1.29, 1.82) is 0 Å². The molecule has 0 saturated heterocycles. The van der Waals surface area contributed by atoms with Gasteiger partial charge in [0.2, 0.25) is 17.6 Å². The van der Waals surface area contributed by atoms with Crippen LogP contribution in [0.4, 0.5) is 4.79 Å². The summed E-state index contributed by atoms with van der Waals surface area (Å²) >= 11 is 0. The molecular weight excluding hydrogens is 1400 g/mol. The molecule has 11 rings (SSSR count). The molecule has 11 aromatic rings. The molecule has 0 atom stereocenters. The zero-order valence-electron chi connectivity index (χ0n) is 62.9. The summed E-state index contributed by atoms with van der Waals surface area (Å²) in [6, 6.07) is 76.0. The van der Waals surface area contributed by atoms with Crippen LogP contribution in [0.2, 0.25) is 0 Å². The van der Waals surface area contributed by atoms with Crippen molar-refractivity contribution in [2.75, 3.05) is 33.5 Å². The zero-order valence-corrected chi connectivity index (χ0v) is 64.9. The van der Waals surface area contributed by atoms with Crippen LogP contribution >= 0.6 is 0 Å². The molecule has 4 aromatic heterocycles. The van der Waals surface area contributed by atoms with Crippen LogP contribution in [-0.2, 0) is 92.4 Å². The molecule has 0 aliphatic rings. The summed E-state index contributed by atoms with van der Waals surface area (Å²) in [5.74, 6) is -1.97. The van der Waals surface area contributed by atoms with Crippen LogP contribution in [0, 0.1) is 0 Å². The summed E-state index contributed by atoms with van der Waals surface area (Å²) in [5.41, 5.74) is 8.54. The van der Waals surface area contributed by atoms with Gasteiger partial charge in [-0.1, -0.05) is 212 Å². The van der Waals surface area contributed by atoms with Gasteiger partial charge in [0.15, 0.2) is 5.69 Å². The van der Waals surface area contributed by atoms with Crippen LogP contribution in [0.15, 0.2) is 253 Å². The van der Waals surface area contributed by atoms with Crippen LogP contribution in [0.25, 0.3) is 0 Å². The third-order valence-electron chi connectivity index (χ3n) is 14.8. The van der Waals surface area contributed by atoms with Crippen LogP contribution in [0.1, 0.15) is 120 Å². The number of aliphatic hydroxyl groups is 1. The summed E-state index contributed by atoms with van der Waals surface area (Å²) in [4.78, 5) is 70.3. The fourth-order valence-corrected chi connectivity index (χ4v) is 9.74. The number of aromatic nitrogens is 8. The Balaban J connectivity index is 0.000000218. The number of amides is 1. The molecule has 0 spiro atoms. The second-order valence-corrected chi connectivity index (χ2v) is 24.6. The van der Waals surface area contributed by atoms with Gasteiger partial charge in [-0.25, -0.2) is 42.7 Å². The monoisotopic (exact) mass is 1490 g/mol. The molecule has 0 radical (unpaired) electrons. The first-order chi connectivity index (χ1) is 52.2. The molecule has 1 amide bonds. The predicted molar refractivity (Wildman–Crippen MR) is 403 cm³/mol. The molecule has 0 saturated carbocycles. The van der Waals surface area contributed by atoms with Gasteiger partial charge in [-0.2, -0.15) is 15.3 Å². The Morgan fingerprint density at radius 3 is 1.23 bits per heavy atom. The Bertz CT molecular complexity index is 4590. The van der Waals surface area contributed by atoms with Crippen molar-refractivity contribution in [3.05, 3.63) is 320 Å². The van der Waals surface area contributed by atoms with E-state index in [2.05, 4.69) is 42.0 Å². The van der Waals surface area contributed by atoms with E-state index in [-0.39, 0.29) is 79.0 Å². The molecule has 566 valence electrons. The van der Waals surface area contributed by atoms with E-state index in [1.165, 1.54) is 15.6 Å². The second kappa shape index (κ2) is 46.3. The number of benzene rings is 7. The number of carbonyl (C=O) groups is 5. The minimum absolute atomic E-state index is 0. The Morgan fingerprint density at radius 2 is 0.835 bits per heavy atom. The molecule has 26 heteroatoms. The number of rotatable bonds is 28. The van der Waals surface area contributed by atoms with E-state index in [1.807, 2.05) is 232 Å². The average Bonchev–Trinajstić information content (AvgIpc) is 1.72. The number of aliphatic hydroxyl groups excluding tert-OH is 1. The summed E-state index contributed by atoms with van der Waals surface area (Å²) in [5, 5.41) is 36.2. The van der Waals surface area contributed by atoms with Gasteiger partial charge in [0.25, 0.3) is 5.56 Å². The van der Waals surface area contributed by atoms with Gasteiger partial charge >= 0.3 is 59.5 Å². The molecule has 25 nitrogen and oxygen atoms in total. The SMILES string of the molecule is CCOC(=O)/C=C(\[O-])C(=O)OCC.CCOC(=O)c1cc(=O)n(Cc2ccccc2)[nH]1.CCOC(=O)c1cc(OCc2ccccc2)n(Cc2ccccc2)n1.CN(Cc1cc(OCc2ccccc2)n(Cc2ccccc2)n1)C(=O)OC(C)(C)C.OCc1cc(OCc2ccccc2)n(Cc2ccccc2)n1.[Na+]. The third-order valence-corrected chi connectivity index (χ3v) is 14.8. The van der Waals surface area contributed by atoms with Crippen LogP contribution < -0.4 is 54.4 Å². The quantitative estimate of drug-likeness (QED) is 0.0152. The van der Waals surface area contributed by atoms with Gasteiger partial charge < -0.3 is 53.0 Å². The van der Waals surface area contributed by atoms with E-state index in [1.54, 1.807) is 56.2 Å². The first kappa shape index (κ1) is 86.2. The van der Waals surface area contributed by atoms with Crippen molar-refractivity contribution in [3.8, 4) is 17.6 Å². The molecule has 0 aliphatic heterocycles. The molecule has 0 aliphatic carbocycles. The fraction of sp³-hybridized carbons (Fsp3) is 0.265. The first-order valence-corrected chi connectivity index (χ1v) is 35.0. The van der Waals surface area contributed by atoms with Gasteiger partial charge in [-0.3, -0.25) is 9.89 Å². The standard InChI is InChI=1S/C24H29N3O3.C20H20N2O3.C18H18N2O2.C13H14N2O3.C8H12O5.Na/c1-24(2,3)30-23(28)26(4)17-21-15-22(29-18-20-13-9-6-10-14-20)27(25-21)16-19-11-7-5-8-12-19;1-2-24-20(23)18-13-19(25-15-17-11-7-4-8-12-17)22(21-18)14-16-9-5-3-6-10-16;21-13-17-11-18(22-14-16-9-5-2-6-10-16)20(19-17)12-15-7-3-1-4-8-15;1-2-18-13(17)11-8-12(16)15(14-11)9-10-6-4-3-5-7-10;1-3-12-7(10)5-6(9)8(11)13-4-2;/h5-15H,16-18H2,1-4H3;3-13H,2,14-15H2,1H3;1-11,21H,12-14H2;3-8,14H,2,9H2,1H3;5,9H,3-4H2,1-2H3;/q;;;;;+1/p-1/b;;;;6-5-;. The molecular formula is C83H92N9NaO16. The van der Waals surface area contributed by atoms with Crippen molar-refractivity contribution in [3.63, 3.8) is 0 Å². The van der Waals surface area contributed by atoms with E-state index >= 15 is 0 Å². The second-order valence-electron chi connectivity index (χ2n) is 24.6. The van der Waals surface area contributed by atoms with E-state index < -0.39 is 35.2 Å². The van der Waals surface area contributed by atoms with Crippen molar-refractivity contribution in [2.24, 2.45) is 0 Å². The zero-order chi connectivity index (χ0) is 77.5. The van der Waals surface area contributed by atoms with E-state index in [9.17, 15) is 39.0 Å². The molecule has 0 fully saturated rings. The number of esters is 4. The van der Waals surface area contributed by atoms with Gasteiger partial charge in [0.1, 0.15) is 31.1 Å². The Hall–Kier alpha value is -11.8. The van der Waals surface area contributed by atoms with Crippen molar-refractivity contribution in [1.82, 2.24) is 44.0 Å². The van der Waals surface area contributed by atoms with E-state index in [4.69, 9.17) is 28.4 Å². The number of nitrogens with one attached hydrogen (secondary N) is 1. The number of H-pyrrole nitrogens is 1. The Kier molecular flexibility index (Phi) is 36.6. The summed E-state index contributed by atoms with van der Waals surface area (Å²) in [6.07, 6.45) is 0.188. The maximum absolute atomic E-state index is 12.3. The maximum Gasteiger partial charge on any atom is 1.00 e. The fourth-order valence-electron chi connectivity index (χ4n) is 9.74. The summed E-state index contributed by atoms with van der Waals surface area (Å²) in [7, 11) is 1.70. The molecule has 0 unspecified atom stereocenters. The number of hydrogen-bond acceptors (Lipinski definition) is 19. The smallest absolute Gasteiger partial charge is 0.867 e. The minimum Gasteiger partial charge on any atom is -0.867 e. The van der Waals surface area contributed by atoms with Gasteiger partial charge in [-0.15, -0.1) is 0 Å². The maximum atomic E-state index is 12.3. The number of hydrogen-bond donors (Lipinski definition) is 2. The summed E-state index contributed by atoms with van der Waals surface area (Å²) < 4.78 is 48.6. The van der Waals surface area contributed by atoms with Crippen LogP contribution in [0.3, 0.4) is 0 Å². The number of nitrogens with zero attached hydrogens (tertiary/aromatic N) is 8. The van der Waals surface area contributed by atoms with Gasteiger partial charge in [0.05, 0.1) is 77.1 Å². The largest absolute Gasteiger partial charge is 1.00 e. The Labute approximate surface area is 656 Å². The minimum atomic E-state index is -1.05. The van der Waals surface area contributed by atoms with E-state index in [0.29, 0.717) is 88.6 Å². The Morgan fingerprint density at radius 1 is 0.477 bits per heavy atom. The van der Waals surface area contributed by atoms with Gasteiger partial charge in [-0.05, 0) is 93.2 Å². The van der Waals surface area contributed by atoms with Crippen LogP contribution in [0.5, 0.6) is 17.6 Å². The summed E-state index contributed by atoms with van der Waals surface area (Å²) in [6.45, 7) is 16.7. The third kappa shape index (κ3) is 30.9. The van der Waals surface area contributed by atoms with Gasteiger partial charge in [0, 0.05) is 37.4 Å². The van der Waals surface area contributed by atoms with Crippen LogP contribution in [-0.4, -0.2) is 118 Å². The van der Waals surface area contributed by atoms with Crippen molar-refractivity contribution >= 4 is 30.0 Å². The molecule has 109 heavy (non-hydrogen) atoms. The van der Waals surface area contributed by atoms with E-state index in [0.717, 1.165) is 44.6 Å². The number of ether oxygens (including phenoxy) is 8.